The van der Waals surface area contributed by atoms with E-state index in [1.807, 2.05) is 17.9 Å². The van der Waals surface area contributed by atoms with E-state index >= 15 is 0 Å². The Morgan fingerprint density at radius 1 is 1.18 bits per heavy atom. The SMILES string of the molecule is CCN(O)Sn1c2c(c3cc(C(=O)N4CCC(C)CC4)ccc31)CN(C1CCOCC1)CC2. The first kappa shape index (κ1) is 23.2. The van der Waals surface area contributed by atoms with Crippen LogP contribution in [0.4, 0.5) is 0 Å². The number of benzene rings is 1. The van der Waals surface area contributed by atoms with Gasteiger partial charge >= 0.3 is 0 Å². The summed E-state index contributed by atoms with van der Waals surface area (Å²) in [4.78, 5) is 17.9. The molecule has 0 bridgehead atoms. The fraction of sp³-hybridized carbons (Fsp3) is 0.640. The first-order valence-corrected chi connectivity index (χ1v) is 13.2. The van der Waals surface area contributed by atoms with Gasteiger partial charge in [-0.2, -0.15) is 0 Å². The minimum Gasteiger partial charge on any atom is -0.381 e. The van der Waals surface area contributed by atoms with Gasteiger partial charge in [0.15, 0.2) is 0 Å². The number of rotatable bonds is 5. The molecule has 3 aliphatic rings. The summed E-state index contributed by atoms with van der Waals surface area (Å²) < 4.78 is 9.04. The van der Waals surface area contributed by atoms with E-state index in [0.717, 1.165) is 88.0 Å². The smallest absolute Gasteiger partial charge is 0.253 e. The highest BCUT2D eigenvalue weighted by Crippen LogP contribution is 2.37. The highest BCUT2D eigenvalue weighted by Gasteiger charge is 2.30. The predicted octanol–water partition coefficient (Wildman–Crippen LogP) is 4.17. The Morgan fingerprint density at radius 2 is 1.94 bits per heavy atom. The zero-order valence-corrected chi connectivity index (χ0v) is 20.6. The van der Waals surface area contributed by atoms with Crippen LogP contribution in [0.15, 0.2) is 18.2 Å². The average Bonchev–Trinajstić information content (AvgIpc) is 3.16. The number of hydrogen-bond acceptors (Lipinski definition) is 6. The van der Waals surface area contributed by atoms with E-state index in [0.29, 0.717) is 18.5 Å². The summed E-state index contributed by atoms with van der Waals surface area (Å²) in [5, 5.41) is 11.4. The molecule has 7 nitrogen and oxygen atoms in total. The van der Waals surface area contributed by atoms with E-state index in [2.05, 4.69) is 27.9 Å². The number of aromatic nitrogens is 1. The van der Waals surface area contributed by atoms with Gasteiger partial charge in [-0.25, -0.2) is 0 Å². The molecular weight excluding hydrogens is 436 g/mol. The minimum atomic E-state index is 0.146. The molecule has 2 aromatic rings. The monoisotopic (exact) mass is 472 g/mol. The summed E-state index contributed by atoms with van der Waals surface area (Å²) in [6.07, 6.45) is 5.28. The van der Waals surface area contributed by atoms with E-state index in [4.69, 9.17) is 4.74 Å². The molecule has 8 heteroatoms. The van der Waals surface area contributed by atoms with Gasteiger partial charge in [0.05, 0.1) is 17.7 Å². The van der Waals surface area contributed by atoms with Crippen LogP contribution in [0.3, 0.4) is 0 Å². The Balaban J connectivity index is 1.49. The molecule has 0 radical (unpaired) electrons. The quantitative estimate of drug-likeness (QED) is 0.521. The minimum absolute atomic E-state index is 0.146. The Morgan fingerprint density at radius 3 is 2.67 bits per heavy atom. The molecule has 0 saturated carbocycles. The molecule has 180 valence electrons. The summed E-state index contributed by atoms with van der Waals surface area (Å²) in [7, 11) is 0. The number of fused-ring (bicyclic) bond motifs is 3. The van der Waals surface area contributed by atoms with Gasteiger partial charge in [-0.3, -0.25) is 13.7 Å². The van der Waals surface area contributed by atoms with E-state index in [1.165, 1.54) is 27.9 Å². The molecule has 1 N–H and O–H groups in total. The lowest BCUT2D eigenvalue weighted by Crippen LogP contribution is -2.42. The van der Waals surface area contributed by atoms with Gasteiger partial charge in [-0.1, -0.05) is 6.92 Å². The molecule has 0 atom stereocenters. The molecule has 3 aliphatic heterocycles. The second kappa shape index (κ2) is 9.96. The van der Waals surface area contributed by atoms with Gasteiger partial charge in [0, 0.05) is 75.0 Å². The van der Waals surface area contributed by atoms with Crippen LogP contribution in [0.2, 0.25) is 0 Å². The van der Waals surface area contributed by atoms with Crippen molar-refractivity contribution in [3.05, 3.63) is 35.0 Å². The van der Waals surface area contributed by atoms with Crippen molar-refractivity contribution < 1.29 is 14.7 Å². The number of amides is 1. The number of hydrogen-bond donors (Lipinski definition) is 1. The van der Waals surface area contributed by atoms with Crippen LogP contribution in [-0.2, 0) is 17.7 Å². The van der Waals surface area contributed by atoms with Crippen LogP contribution in [0.1, 0.15) is 61.1 Å². The number of hydroxylamine groups is 1. The fourth-order valence-electron chi connectivity index (χ4n) is 5.47. The molecule has 4 heterocycles. The third kappa shape index (κ3) is 4.68. The molecule has 0 spiro atoms. The highest BCUT2D eigenvalue weighted by molar-refractivity contribution is 7.95. The van der Waals surface area contributed by atoms with Crippen molar-refractivity contribution in [2.75, 3.05) is 39.4 Å². The summed E-state index contributed by atoms with van der Waals surface area (Å²) >= 11 is 1.35. The Bertz CT molecular complexity index is 995. The third-order valence-electron chi connectivity index (χ3n) is 7.60. The first-order chi connectivity index (χ1) is 16.0. The Labute approximate surface area is 200 Å². The number of ether oxygens (including phenoxy) is 1. The Hall–Kier alpha value is -1.58. The number of likely N-dealkylation sites (tertiary alicyclic amines) is 1. The molecule has 0 unspecified atom stereocenters. The van der Waals surface area contributed by atoms with Crippen molar-refractivity contribution in [2.24, 2.45) is 5.92 Å². The second-order valence-electron chi connectivity index (χ2n) is 9.74. The average molecular weight is 473 g/mol. The normalized spacial score (nSPS) is 21.2. The third-order valence-corrected chi connectivity index (χ3v) is 8.63. The standard InChI is InChI=1S/C25H36N4O3S/c1-3-28(31)33-29-23-5-4-19(25(30)26-11-6-18(2)7-12-26)16-21(23)22-17-27(13-8-24(22)29)20-9-14-32-15-10-20/h4-5,16,18,20,31H,3,6-15,17H2,1-2H3. The lowest BCUT2D eigenvalue weighted by atomic mass is 9.97. The summed E-state index contributed by atoms with van der Waals surface area (Å²) in [6.45, 7) is 10.0. The number of carbonyl (C=O) groups is 1. The van der Waals surface area contributed by atoms with Crippen molar-refractivity contribution in [2.45, 2.75) is 58.5 Å². The number of nitrogens with zero attached hydrogens (tertiary/aromatic N) is 4. The first-order valence-electron chi connectivity index (χ1n) is 12.5. The zero-order chi connectivity index (χ0) is 22.9. The zero-order valence-electron chi connectivity index (χ0n) is 19.8. The summed E-state index contributed by atoms with van der Waals surface area (Å²) in [6, 6.07) is 6.70. The topological polar surface area (TPSA) is 61.2 Å². The Kier molecular flexibility index (Phi) is 6.99. The van der Waals surface area contributed by atoms with Gasteiger partial charge in [0.2, 0.25) is 0 Å². The second-order valence-corrected chi connectivity index (χ2v) is 10.7. The summed E-state index contributed by atoms with van der Waals surface area (Å²) in [5.74, 6) is 0.846. The summed E-state index contributed by atoms with van der Waals surface area (Å²) in [5.41, 5.74) is 4.43. The van der Waals surface area contributed by atoms with E-state index in [9.17, 15) is 10.0 Å². The van der Waals surface area contributed by atoms with Crippen LogP contribution < -0.4 is 0 Å². The fourth-order valence-corrected chi connectivity index (χ4v) is 6.32. The van der Waals surface area contributed by atoms with Crippen LogP contribution in [0.25, 0.3) is 10.9 Å². The largest absolute Gasteiger partial charge is 0.381 e. The molecule has 1 aromatic heterocycles. The molecular formula is C25H36N4O3S. The number of piperidine rings is 1. The van der Waals surface area contributed by atoms with Crippen LogP contribution in [0.5, 0.6) is 0 Å². The van der Waals surface area contributed by atoms with Gasteiger partial charge < -0.3 is 14.8 Å². The van der Waals surface area contributed by atoms with E-state index in [-0.39, 0.29) is 5.91 Å². The van der Waals surface area contributed by atoms with Crippen molar-refractivity contribution in [3.8, 4) is 0 Å². The lowest BCUT2D eigenvalue weighted by molar-refractivity contribution is 0.0213. The van der Waals surface area contributed by atoms with Crippen LogP contribution in [-0.4, -0.2) is 74.8 Å². The van der Waals surface area contributed by atoms with Crippen molar-refractivity contribution in [1.29, 1.82) is 0 Å². The lowest BCUT2D eigenvalue weighted by Gasteiger charge is -2.37. The van der Waals surface area contributed by atoms with E-state index < -0.39 is 0 Å². The highest BCUT2D eigenvalue weighted by atomic mass is 32.2. The van der Waals surface area contributed by atoms with Crippen molar-refractivity contribution >= 4 is 28.9 Å². The van der Waals surface area contributed by atoms with Gasteiger partial charge in [-0.15, -0.1) is 4.47 Å². The molecule has 33 heavy (non-hydrogen) atoms. The molecule has 0 aliphatic carbocycles. The molecule has 2 saturated heterocycles. The molecule has 1 amide bonds. The maximum absolute atomic E-state index is 13.3. The maximum atomic E-state index is 13.3. The van der Waals surface area contributed by atoms with Crippen LogP contribution >= 0.6 is 12.1 Å². The van der Waals surface area contributed by atoms with Crippen LogP contribution in [0, 0.1) is 5.92 Å². The molecule has 5 rings (SSSR count). The van der Waals surface area contributed by atoms with Gasteiger partial charge in [0.1, 0.15) is 0 Å². The van der Waals surface area contributed by atoms with Gasteiger partial charge in [-0.05, 0) is 62.3 Å². The van der Waals surface area contributed by atoms with Gasteiger partial charge in [0.25, 0.3) is 5.91 Å². The number of carbonyl (C=O) groups excluding carboxylic acids is 1. The van der Waals surface area contributed by atoms with E-state index in [1.54, 1.807) is 0 Å². The van der Waals surface area contributed by atoms with Crippen molar-refractivity contribution in [3.63, 3.8) is 0 Å². The maximum Gasteiger partial charge on any atom is 0.253 e. The molecule has 2 fully saturated rings. The molecule has 1 aromatic carbocycles. The predicted molar refractivity (Wildman–Crippen MR) is 131 cm³/mol. The van der Waals surface area contributed by atoms with Crippen molar-refractivity contribution in [1.82, 2.24) is 18.2 Å².